The Morgan fingerprint density at radius 2 is 2.27 bits per heavy atom. The number of hydrogen-bond donors (Lipinski definition) is 1. The molecule has 2 aliphatic heterocycles. The predicted molar refractivity (Wildman–Crippen MR) is 56.4 cm³/mol. The highest BCUT2D eigenvalue weighted by atomic mass is 16.7. The Morgan fingerprint density at radius 3 is 3.13 bits per heavy atom. The number of ether oxygens (including phenoxy) is 2. The summed E-state index contributed by atoms with van der Waals surface area (Å²) in [4.78, 5) is 0. The Hall–Kier alpha value is -0.900. The van der Waals surface area contributed by atoms with Gasteiger partial charge in [-0.25, -0.2) is 0 Å². The molecule has 0 spiro atoms. The highest BCUT2D eigenvalue weighted by Gasteiger charge is 2.48. The highest BCUT2D eigenvalue weighted by molar-refractivity contribution is 5.26. The predicted octanol–water partition coefficient (Wildman–Crippen LogP) is 1.25. The van der Waals surface area contributed by atoms with Crippen LogP contribution in [-0.4, -0.2) is 25.9 Å². The minimum absolute atomic E-state index is 0.270. The fraction of sp³-hybridized carbons (Fsp3) is 0.500. The molecule has 2 aliphatic rings. The molecule has 0 aliphatic carbocycles. The summed E-state index contributed by atoms with van der Waals surface area (Å²) in [6.07, 6.45) is 0.454. The molecule has 1 aromatic carbocycles. The molecule has 0 unspecified atom stereocenters. The number of fused-ring (bicyclic) bond motifs is 1. The van der Waals surface area contributed by atoms with E-state index >= 15 is 0 Å². The SMILES string of the molecule is [2H]C1([2H])O[C@@H]2CNCC[C@]2(c2ccccc2)O1. The van der Waals surface area contributed by atoms with Gasteiger partial charge in [0.15, 0.2) is 0 Å². The van der Waals surface area contributed by atoms with Crippen LogP contribution in [0.15, 0.2) is 30.3 Å². The van der Waals surface area contributed by atoms with Gasteiger partial charge >= 0.3 is 0 Å². The van der Waals surface area contributed by atoms with Gasteiger partial charge in [0.25, 0.3) is 0 Å². The molecule has 2 fully saturated rings. The van der Waals surface area contributed by atoms with Gasteiger partial charge in [0.05, 0.1) is 2.74 Å². The molecule has 0 aromatic heterocycles. The van der Waals surface area contributed by atoms with E-state index in [0.29, 0.717) is 6.54 Å². The fourth-order valence-corrected chi connectivity index (χ4v) is 2.35. The summed E-state index contributed by atoms with van der Waals surface area (Å²) in [5, 5.41) is 3.22. The van der Waals surface area contributed by atoms with Crippen LogP contribution >= 0.6 is 0 Å². The third-order valence-electron chi connectivity index (χ3n) is 3.20. The number of rotatable bonds is 1. The van der Waals surface area contributed by atoms with E-state index in [9.17, 15) is 0 Å². The molecule has 0 radical (unpaired) electrons. The summed E-state index contributed by atoms with van der Waals surface area (Å²) in [6.45, 7) is -0.564. The summed E-state index contributed by atoms with van der Waals surface area (Å²) in [5.41, 5.74) is 0.351. The van der Waals surface area contributed by atoms with Crippen molar-refractivity contribution in [1.82, 2.24) is 5.32 Å². The monoisotopic (exact) mass is 207 g/mol. The van der Waals surface area contributed by atoms with Gasteiger partial charge in [-0.1, -0.05) is 30.3 Å². The molecule has 3 heteroatoms. The lowest BCUT2D eigenvalue weighted by atomic mass is 9.83. The Kier molecular flexibility index (Phi) is 1.77. The molecule has 0 bridgehead atoms. The van der Waals surface area contributed by atoms with Crippen molar-refractivity contribution in [3.05, 3.63) is 35.9 Å². The topological polar surface area (TPSA) is 30.5 Å². The highest BCUT2D eigenvalue weighted by Crippen LogP contribution is 2.40. The smallest absolute Gasteiger partial charge is 0.148 e. The van der Waals surface area contributed by atoms with Crippen LogP contribution in [0.1, 0.15) is 14.7 Å². The fourth-order valence-electron chi connectivity index (χ4n) is 2.35. The maximum Gasteiger partial charge on any atom is 0.148 e. The summed E-state index contributed by atoms with van der Waals surface area (Å²) >= 11 is 0. The lowest BCUT2D eigenvalue weighted by Crippen LogP contribution is -2.50. The first-order chi connectivity index (χ1) is 8.12. The van der Waals surface area contributed by atoms with Gasteiger partial charge < -0.3 is 14.8 Å². The molecule has 1 N–H and O–H groups in total. The second-order valence-corrected chi connectivity index (χ2v) is 4.00. The third-order valence-corrected chi connectivity index (χ3v) is 3.20. The van der Waals surface area contributed by atoms with E-state index in [1.165, 1.54) is 0 Å². The van der Waals surface area contributed by atoms with Crippen molar-refractivity contribution < 1.29 is 12.2 Å². The van der Waals surface area contributed by atoms with E-state index in [1.807, 2.05) is 30.3 Å². The molecule has 2 saturated heterocycles. The van der Waals surface area contributed by atoms with Crippen molar-refractivity contribution in [2.45, 2.75) is 18.1 Å². The largest absolute Gasteiger partial charge is 0.347 e. The normalized spacial score (nSPS) is 40.4. The maximum absolute atomic E-state index is 7.65. The number of hydrogen-bond acceptors (Lipinski definition) is 3. The van der Waals surface area contributed by atoms with Crippen molar-refractivity contribution in [3.63, 3.8) is 0 Å². The van der Waals surface area contributed by atoms with Crippen molar-refractivity contribution in [2.24, 2.45) is 0 Å². The number of benzene rings is 1. The third kappa shape index (κ3) is 1.39. The molecule has 0 amide bonds. The van der Waals surface area contributed by atoms with Gasteiger partial charge in [-0.3, -0.25) is 0 Å². The Morgan fingerprint density at radius 1 is 1.40 bits per heavy atom. The van der Waals surface area contributed by atoms with Crippen LogP contribution in [0.5, 0.6) is 0 Å². The van der Waals surface area contributed by atoms with Gasteiger partial charge in [0, 0.05) is 6.54 Å². The Balaban J connectivity index is 2.03. The lowest BCUT2D eigenvalue weighted by molar-refractivity contribution is -0.0267. The van der Waals surface area contributed by atoms with Crippen molar-refractivity contribution in [3.8, 4) is 0 Å². The first-order valence-corrected chi connectivity index (χ1v) is 5.27. The summed E-state index contributed by atoms with van der Waals surface area (Å²) < 4.78 is 26.3. The minimum atomic E-state index is -1.99. The Labute approximate surface area is 92.2 Å². The molecule has 3 nitrogen and oxygen atoms in total. The minimum Gasteiger partial charge on any atom is -0.347 e. The number of piperidine rings is 1. The zero-order valence-corrected chi connectivity index (χ0v) is 8.40. The second kappa shape index (κ2) is 3.59. The van der Waals surface area contributed by atoms with Crippen LogP contribution < -0.4 is 5.32 Å². The Bertz CT molecular complexity index is 412. The van der Waals surface area contributed by atoms with Crippen LogP contribution in [0.3, 0.4) is 0 Å². The summed E-state index contributed by atoms with van der Waals surface area (Å²) in [6, 6.07) is 9.79. The molecule has 3 rings (SSSR count). The average Bonchev–Trinajstić information content (AvgIpc) is 2.61. The molecular formula is C12H15NO2. The molecule has 80 valence electrons. The lowest BCUT2D eigenvalue weighted by Gasteiger charge is -2.37. The zero-order chi connectivity index (χ0) is 11.9. The van der Waals surface area contributed by atoms with Crippen LogP contribution in [0, 0.1) is 0 Å². The quantitative estimate of drug-likeness (QED) is 0.751. The van der Waals surface area contributed by atoms with E-state index in [4.69, 9.17) is 12.2 Å². The van der Waals surface area contributed by atoms with Crippen molar-refractivity contribution >= 4 is 0 Å². The molecule has 1 aromatic rings. The summed E-state index contributed by atoms with van der Waals surface area (Å²) in [5.74, 6) is 0. The van der Waals surface area contributed by atoms with Gasteiger partial charge in [-0.05, 0) is 18.5 Å². The van der Waals surface area contributed by atoms with Crippen LogP contribution in [0.2, 0.25) is 0 Å². The van der Waals surface area contributed by atoms with Gasteiger partial charge in [0.1, 0.15) is 18.5 Å². The number of nitrogens with one attached hydrogen (secondary N) is 1. The molecule has 2 atom stereocenters. The van der Waals surface area contributed by atoms with Crippen molar-refractivity contribution in [1.29, 1.82) is 0 Å². The molecule has 15 heavy (non-hydrogen) atoms. The maximum atomic E-state index is 7.65. The van der Waals surface area contributed by atoms with E-state index in [2.05, 4.69) is 5.32 Å². The average molecular weight is 207 g/mol. The summed E-state index contributed by atoms with van der Waals surface area (Å²) in [7, 11) is 0. The van der Waals surface area contributed by atoms with E-state index in [1.54, 1.807) is 0 Å². The van der Waals surface area contributed by atoms with E-state index < -0.39 is 12.3 Å². The first kappa shape index (κ1) is 7.39. The van der Waals surface area contributed by atoms with Gasteiger partial charge in [-0.15, -0.1) is 0 Å². The van der Waals surface area contributed by atoms with Crippen LogP contribution in [-0.2, 0) is 15.1 Å². The van der Waals surface area contributed by atoms with Gasteiger partial charge in [0.2, 0.25) is 0 Å². The molecule has 2 heterocycles. The molecular weight excluding hydrogens is 190 g/mol. The van der Waals surface area contributed by atoms with E-state index in [-0.39, 0.29) is 6.10 Å². The zero-order valence-electron chi connectivity index (χ0n) is 10.4. The second-order valence-electron chi connectivity index (χ2n) is 4.00. The molecule has 0 saturated carbocycles. The van der Waals surface area contributed by atoms with E-state index in [0.717, 1.165) is 18.5 Å². The van der Waals surface area contributed by atoms with Crippen LogP contribution in [0.4, 0.5) is 0 Å². The standard InChI is InChI=1S/C12H15NO2/c1-2-4-10(5-3-1)12-6-7-13-8-11(12)14-9-15-12/h1-5,11,13H,6-9H2/t11-,12-/m1/s1/i9D2. The first-order valence-electron chi connectivity index (χ1n) is 6.27. The van der Waals surface area contributed by atoms with Gasteiger partial charge in [-0.2, -0.15) is 0 Å². The van der Waals surface area contributed by atoms with Crippen molar-refractivity contribution in [2.75, 3.05) is 19.8 Å². The van der Waals surface area contributed by atoms with Crippen LogP contribution in [0.25, 0.3) is 0 Å².